The lowest BCUT2D eigenvalue weighted by Gasteiger charge is -2.28. The fourth-order valence-electron chi connectivity index (χ4n) is 2.51. The zero-order valence-corrected chi connectivity index (χ0v) is 13.3. The summed E-state index contributed by atoms with van der Waals surface area (Å²) in [6.07, 6.45) is 8.90. The van der Waals surface area contributed by atoms with Crippen molar-refractivity contribution in [3.63, 3.8) is 0 Å². The van der Waals surface area contributed by atoms with E-state index in [-0.39, 0.29) is 17.9 Å². The minimum atomic E-state index is -0.982. The Bertz CT molecular complexity index is 320. The highest BCUT2D eigenvalue weighted by atomic mass is 16.2. The van der Waals surface area contributed by atoms with Crippen molar-refractivity contribution < 1.29 is 9.59 Å². The van der Waals surface area contributed by atoms with E-state index < -0.39 is 5.41 Å². The van der Waals surface area contributed by atoms with E-state index in [4.69, 9.17) is 0 Å². The monoisotopic (exact) mass is 282 g/mol. The largest absolute Gasteiger partial charge is 0.355 e. The van der Waals surface area contributed by atoms with Crippen LogP contribution in [0.15, 0.2) is 0 Å². The van der Waals surface area contributed by atoms with E-state index >= 15 is 0 Å². The van der Waals surface area contributed by atoms with Crippen LogP contribution in [0, 0.1) is 5.41 Å². The van der Waals surface area contributed by atoms with Crippen LogP contribution in [0.3, 0.4) is 0 Å². The van der Waals surface area contributed by atoms with Crippen molar-refractivity contribution >= 4 is 11.8 Å². The topological polar surface area (TPSA) is 58.2 Å². The van der Waals surface area contributed by atoms with Crippen LogP contribution >= 0.6 is 0 Å². The van der Waals surface area contributed by atoms with Gasteiger partial charge in [-0.25, -0.2) is 0 Å². The Morgan fingerprint density at radius 2 is 1.70 bits per heavy atom. The predicted octanol–water partition coefficient (Wildman–Crippen LogP) is 2.77. The van der Waals surface area contributed by atoms with Crippen LogP contribution < -0.4 is 10.6 Å². The van der Waals surface area contributed by atoms with Gasteiger partial charge in [-0.2, -0.15) is 0 Å². The minimum absolute atomic E-state index is 0.141. The normalized spacial score (nSPS) is 16.8. The molecule has 0 aliphatic heterocycles. The molecule has 1 aliphatic rings. The Morgan fingerprint density at radius 3 is 2.30 bits per heavy atom. The van der Waals surface area contributed by atoms with Gasteiger partial charge in [0.05, 0.1) is 0 Å². The molecule has 0 heterocycles. The maximum Gasteiger partial charge on any atom is 0.235 e. The third-order valence-electron chi connectivity index (χ3n) is 4.14. The summed E-state index contributed by atoms with van der Waals surface area (Å²) in [7, 11) is 0. The molecule has 0 bridgehead atoms. The highest BCUT2D eigenvalue weighted by Gasteiger charge is 2.36. The maximum atomic E-state index is 12.3. The van der Waals surface area contributed by atoms with Gasteiger partial charge in [-0.3, -0.25) is 9.59 Å². The molecule has 2 amide bonds. The molecule has 2 N–H and O–H groups in total. The number of nitrogens with one attached hydrogen (secondary N) is 2. The fraction of sp³-hybridized carbons (Fsp3) is 0.875. The predicted molar refractivity (Wildman–Crippen MR) is 81.3 cm³/mol. The molecule has 0 radical (unpaired) electrons. The van der Waals surface area contributed by atoms with E-state index in [1.807, 2.05) is 0 Å². The van der Waals surface area contributed by atoms with Crippen LogP contribution in [-0.2, 0) is 9.59 Å². The van der Waals surface area contributed by atoms with E-state index in [9.17, 15) is 9.59 Å². The summed E-state index contributed by atoms with van der Waals surface area (Å²) in [6.45, 7) is 6.21. The second kappa shape index (κ2) is 8.28. The summed E-state index contributed by atoms with van der Waals surface area (Å²) >= 11 is 0. The van der Waals surface area contributed by atoms with Gasteiger partial charge in [0.2, 0.25) is 11.8 Å². The Hall–Kier alpha value is -1.06. The van der Waals surface area contributed by atoms with Crippen LogP contribution in [0.5, 0.6) is 0 Å². The molecule has 0 aromatic carbocycles. The van der Waals surface area contributed by atoms with Gasteiger partial charge in [-0.15, -0.1) is 0 Å². The summed E-state index contributed by atoms with van der Waals surface area (Å²) in [5.74, 6) is -0.306. The Labute approximate surface area is 123 Å². The molecule has 0 spiro atoms. The summed E-state index contributed by atoms with van der Waals surface area (Å²) in [5.41, 5.74) is -0.982. The number of hydrogen-bond donors (Lipinski definition) is 2. The zero-order valence-electron chi connectivity index (χ0n) is 13.3. The first kappa shape index (κ1) is 17.0. The Balaban J connectivity index is 2.40. The van der Waals surface area contributed by atoms with Crippen LogP contribution in [0.1, 0.15) is 72.1 Å². The molecule has 0 unspecified atom stereocenters. The van der Waals surface area contributed by atoms with E-state index in [0.29, 0.717) is 6.54 Å². The van der Waals surface area contributed by atoms with Crippen LogP contribution in [-0.4, -0.2) is 24.4 Å². The maximum absolute atomic E-state index is 12.3. The second-order valence-electron chi connectivity index (χ2n) is 6.40. The van der Waals surface area contributed by atoms with Crippen molar-refractivity contribution in [2.24, 2.45) is 5.41 Å². The molecular weight excluding hydrogens is 252 g/mol. The van der Waals surface area contributed by atoms with E-state index in [2.05, 4.69) is 17.6 Å². The lowest BCUT2D eigenvalue weighted by atomic mass is 9.89. The number of rotatable bonds is 7. The molecule has 4 heteroatoms. The standard InChI is InChI=1S/C16H30N2O2/c1-4-5-9-12-17-14(19)16(2,3)15(20)18-13-10-7-6-8-11-13/h13H,4-12H2,1-3H3,(H,17,19)(H,18,20). The summed E-state index contributed by atoms with van der Waals surface area (Å²) in [6, 6.07) is 0.253. The number of amides is 2. The average Bonchev–Trinajstić information content (AvgIpc) is 2.44. The molecule has 0 aromatic rings. The molecule has 0 atom stereocenters. The second-order valence-corrected chi connectivity index (χ2v) is 6.40. The highest BCUT2D eigenvalue weighted by Crippen LogP contribution is 2.21. The molecule has 0 aromatic heterocycles. The lowest BCUT2D eigenvalue weighted by Crippen LogP contribution is -2.51. The van der Waals surface area contributed by atoms with E-state index in [1.54, 1.807) is 13.8 Å². The van der Waals surface area contributed by atoms with Crippen molar-refractivity contribution in [1.82, 2.24) is 10.6 Å². The molecule has 20 heavy (non-hydrogen) atoms. The number of carbonyl (C=O) groups is 2. The average molecular weight is 282 g/mol. The smallest absolute Gasteiger partial charge is 0.235 e. The quantitative estimate of drug-likeness (QED) is 0.557. The first-order chi connectivity index (χ1) is 9.48. The molecule has 116 valence electrons. The third kappa shape index (κ3) is 5.14. The molecule has 0 saturated heterocycles. The van der Waals surface area contributed by atoms with E-state index in [0.717, 1.165) is 32.1 Å². The minimum Gasteiger partial charge on any atom is -0.355 e. The molecule has 1 aliphatic carbocycles. The molecule has 1 fully saturated rings. The first-order valence-corrected chi connectivity index (χ1v) is 8.07. The van der Waals surface area contributed by atoms with Gasteiger partial charge in [0, 0.05) is 12.6 Å². The zero-order chi connectivity index (χ0) is 15.0. The van der Waals surface area contributed by atoms with Gasteiger partial charge in [0.15, 0.2) is 0 Å². The Kier molecular flexibility index (Phi) is 7.03. The number of carbonyl (C=O) groups excluding carboxylic acids is 2. The molecule has 1 rings (SSSR count). The van der Waals surface area contributed by atoms with Gasteiger partial charge in [0.1, 0.15) is 5.41 Å². The summed E-state index contributed by atoms with van der Waals surface area (Å²) in [5, 5.41) is 5.92. The summed E-state index contributed by atoms with van der Waals surface area (Å²) < 4.78 is 0. The first-order valence-electron chi connectivity index (χ1n) is 8.07. The highest BCUT2D eigenvalue weighted by molar-refractivity contribution is 6.04. The Morgan fingerprint density at radius 1 is 1.05 bits per heavy atom. The SMILES string of the molecule is CCCCCNC(=O)C(C)(C)C(=O)NC1CCCCC1. The van der Waals surface area contributed by atoms with Crippen molar-refractivity contribution in [1.29, 1.82) is 0 Å². The van der Waals surface area contributed by atoms with Crippen molar-refractivity contribution in [3.05, 3.63) is 0 Å². The van der Waals surface area contributed by atoms with E-state index in [1.165, 1.54) is 19.3 Å². The lowest BCUT2D eigenvalue weighted by molar-refractivity contribution is -0.141. The number of unbranched alkanes of at least 4 members (excludes halogenated alkanes) is 2. The van der Waals surface area contributed by atoms with Gasteiger partial charge in [-0.05, 0) is 33.1 Å². The van der Waals surface area contributed by atoms with Gasteiger partial charge >= 0.3 is 0 Å². The van der Waals surface area contributed by atoms with Gasteiger partial charge < -0.3 is 10.6 Å². The van der Waals surface area contributed by atoms with Crippen molar-refractivity contribution in [2.45, 2.75) is 78.2 Å². The molecule has 4 nitrogen and oxygen atoms in total. The van der Waals surface area contributed by atoms with Gasteiger partial charge in [-0.1, -0.05) is 39.0 Å². The number of hydrogen-bond acceptors (Lipinski definition) is 2. The molecule has 1 saturated carbocycles. The fourth-order valence-corrected chi connectivity index (χ4v) is 2.51. The molecular formula is C16H30N2O2. The van der Waals surface area contributed by atoms with Crippen LogP contribution in [0.25, 0.3) is 0 Å². The summed E-state index contributed by atoms with van der Waals surface area (Å²) in [4.78, 5) is 24.4. The van der Waals surface area contributed by atoms with Crippen LogP contribution in [0.2, 0.25) is 0 Å². The van der Waals surface area contributed by atoms with Crippen molar-refractivity contribution in [3.8, 4) is 0 Å². The van der Waals surface area contributed by atoms with Crippen LogP contribution in [0.4, 0.5) is 0 Å². The van der Waals surface area contributed by atoms with Crippen molar-refractivity contribution in [2.75, 3.05) is 6.54 Å². The third-order valence-corrected chi connectivity index (χ3v) is 4.14. The van der Waals surface area contributed by atoms with Gasteiger partial charge in [0.25, 0.3) is 0 Å².